The Morgan fingerprint density at radius 2 is 2.12 bits per heavy atom. The van der Waals surface area contributed by atoms with Crippen molar-refractivity contribution in [1.29, 1.82) is 0 Å². The summed E-state index contributed by atoms with van der Waals surface area (Å²) >= 11 is 1.78. The molecule has 1 saturated carbocycles. The number of amides is 1. The van der Waals surface area contributed by atoms with Gasteiger partial charge < -0.3 is 10.6 Å². The topological polar surface area (TPSA) is 46.3 Å². The molecule has 92 valence electrons. The Morgan fingerprint density at radius 3 is 2.71 bits per heavy atom. The second-order valence-corrected chi connectivity index (χ2v) is 6.45. The van der Waals surface area contributed by atoms with Crippen molar-refractivity contribution < 1.29 is 4.79 Å². The molecule has 2 fully saturated rings. The van der Waals surface area contributed by atoms with E-state index in [9.17, 15) is 4.79 Å². The second kappa shape index (κ2) is 4.10. The highest BCUT2D eigenvalue weighted by atomic mass is 32.1. The van der Waals surface area contributed by atoms with Crippen molar-refractivity contribution in [3.05, 3.63) is 21.9 Å². The first-order valence-corrected chi connectivity index (χ1v) is 7.11. The maximum absolute atomic E-state index is 12.1. The summed E-state index contributed by atoms with van der Waals surface area (Å²) in [6.45, 7) is 2.10. The van der Waals surface area contributed by atoms with Crippen molar-refractivity contribution in [3.8, 4) is 0 Å². The lowest BCUT2D eigenvalue weighted by Crippen LogP contribution is -2.49. The van der Waals surface area contributed by atoms with Gasteiger partial charge in [0.1, 0.15) is 0 Å². The van der Waals surface area contributed by atoms with Gasteiger partial charge in [-0.1, -0.05) is 0 Å². The Kier molecular flexibility index (Phi) is 2.71. The number of nitrogens with zero attached hydrogens (tertiary/aromatic N) is 1. The number of piperidine rings is 1. The minimum atomic E-state index is 0.103. The predicted octanol–water partition coefficient (Wildman–Crippen LogP) is 2.21. The van der Waals surface area contributed by atoms with Crippen LogP contribution in [0.1, 0.15) is 41.5 Å². The maximum Gasteiger partial charge on any atom is 0.223 e. The van der Waals surface area contributed by atoms with Gasteiger partial charge in [-0.15, -0.1) is 11.3 Å². The predicted molar refractivity (Wildman–Crippen MR) is 68.9 cm³/mol. The van der Waals surface area contributed by atoms with Crippen LogP contribution >= 0.6 is 11.3 Å². The molecule has 2 heterocycles. The number of hydrogen-bond acceptors (Lipinski definition) is 3. The minimum absolute atomic E-state index is 0.103. The molecule has 17 heavy (non-hydrogen) atoms. The molecule has 1 saturated heterocycles. The molecule has 0 aromatic carbocycles. The summed E-state index contributed by atoms with van der Waals surface area (Å²) in [5, 5.41) is 0. The normalized spacial score (nSPS) is 29.8. The first kappa shape index (κ1) is 11.2. The Labute approximate surface area is 106 Å². The van der Waals surface area contributed by atoms with Crippen molar-refractivity contribution >= 4 is 17.2 Å². The summed E-state index contributed by atoms with van der Waals surface area (Å²) < 4.78 is 0. The van der Waals surface area contributed by atoms with Gasteiger partial charge in [-0.3, -0.25) is 4.79 Å². The molecule has 2 atom stereocenters. The van der Waals surface area contributed by atoms with Gasteiger partial charge in [0.05, 0.1) is 6.04 Å². The fraction of sp³-hybridized carbons (Fsp3) is 0.615. The first-order chi connectivity index (χ1) is 8.16. The highest BCUT2D eigenvalue weighted by Crippen LogP contribution is 2.41. The van der Waals surface area contributed by atoms with E-state index in [4.69, 9.17) is 5.73 Å². The van der Waals surface area contributed by atoms with Crippen LogP contribution in [-0.4, -0.2) is 22.9 Å². The average Bonchev–Trinajstić information content (AvgIpc) is 3.04. The van der Waals surface area contributed by atoms with Crippen LogP contribution in [0.4, 0.5) is 0 Å². The molecule has 2 unspecified atom stereocenters. The zero-order valence-electron chi connectivity index (χ0n) is 10.1. The van der Waals surface area contributed by atoms with Gasteiger partial charge in [-0.05, 0) is 38.3 Å². The monoisotopic (exact) mass is 250 g/mol. The van der Waals surface area contributed by atoms with E-state index in [1.54, 1.807) is 11.3 Å². The Balaban J connectivity index is 1.94. The van der Waals surface area contributed by atoms with Crippen LogP contribution in [0.5, 0.6) is 0 Å². The zero-order chi connectivity index (χ0) is 12.0. The Hall–Kier alpha value is -0.870. The van der Waals surface area contributed by atoms with Gasteiger partial charge in [-0.2, -0.15) is 0 Å². The molecule has 2 aliphatic rings. The molecule has 0 radical (unpaired) electrons. The van der Waals surface area contributed by atoms with Crippen molar-refractivity contribution in [3.63, 3.8) is 0 Å². The van der Waals surface area contributed by atoms with E-state index in [-0.39, 0.29) is 12.1 Å². The highest BCUT2D eigenvalue weighted by molar-refractivity contribution is 7.12. The molecule has 3 rings (SSSR count). The fourth-order valence-electron chi connectivity index (χ4n) is 2.68. The van der Waals surface area contributed by atoms with Crippen LogP contribution in [0.2, 0.25) is 0 Å². The van der Waals surface area contributed by atoms with Gasteiger partial charge in [0.25, 0.3) is 0 Å². The van der Waals surface area contributed by atoms with Crippen LogP contribution in [-0.2, 0) is 4.79 Å². The summed E-state index contributed by atoms with van der Waals surface area (Å²) in [4.78, 5) is 16.7. The molecule has 1 aliphatic heterocycles. The number of aryl methyl sites for hydroxylation is 1. The van der Waals surface area contributed by atoms with Gasteiger partial charge in [-0.25, -0.2) is 0 Å². The summed E-state index contributed by atoms with van der Waals surface area (Å²) in [5.74, 6) is 0.297. The molecular formula is C13H18N2OS. The third-order valence-corrected chi connectivity index (χ3v) is 4.75. The van der Waals surface area contributed by atoms with Crippen molar-refractivity contribution in [2.45, 2.75) is 50.7 Å². The van der Waals surface area contributed by atoms with E-state index >= 15 is 0 Å². The fourth-order valence-corrected chi connectivity index (χ4v) is 3.74. The summed E-state index contributed by atoms with van der Waals surface area (Å²) in [6, 6.07) is 4.95. The summed E-state index contributed by atoms with van der Waals surface area (Å²) in [5.41, 5.74) is 6.25. The van der Waals surface area contributed by atoms with E-state index in [0.717, 1.165) is 19.3 Å². The van der Waals surface area contributed by atoms with E-state index in [1.165, 1.54) is 9.75 Å². The maximum atomic E-state index is 12.1. The smallest absolute Gasteiger partial charge is 0.223 e. The standard InChI is InChI=1S/C13H18N2OS/c1-8-2-6-11(17-8)13-10(14)5-7-12(16)15(13)9-3-4-9/h2,6,9-10,13H,3-5,7,14H2,1H3. The SMILES string of the molecule is Cc1ccc(C2C(N)CCC(=O)N2C2CC2)s1. The number of nitrogens with two attached hydrogens (primary N) is 1. The number of carbonyl (C=O) groups is 1. The third kappa shape index (κ3) is 2.00. The van der Waals surface area contributed by atoms with Gasteiger partial charge in [0.15, 0.2) is 0 Å². The van der Waals surface area contributed by atoms with E-state index in [2.05, 4.69) is 24.0 Å². The lowest BCUT2D eigenvalue weighted by Gasteiger charge is -2.39. The van der Waals surface area contributed by atoms with E-state index in [0.29, 0.717) is 18.4 Å². The Morgan fingerprint density at radius 1 is 1.35 bits per heavy atom. The van der Waals surface area contributed by atoms with E-state index in [1.807, 2.05) is 0 Å². The zero-order valence-corrected chi connectivity index (χ0v) is 10.9. The Bertz CT molecular complexity index is 438. The van der Waals surface area contributed by atoms with Crippen molar-refractivity contribution in [2.75, 3.05) is 0 Å². The first-order valence-electron chi connectivity index (χ1n) is 6.30. The molecule has 0 spiro atoms. The summed E-state index contributed by atoms with van der Waals surface area (Å²) in [6.07, 6.45) is 3.75. The van der Waals surface area contributed by atoms with Crippen LogP contribution < -0.4 is 5.73 Å². The molecule has 3 nitrogen and oxygen atoms in total. The lowest BCUT2D eigenvalue weighted by molar-refractivity contribution is -0.138. The van der Waals surface area contributed by atoms with Crippen LogP contribution in [0.25, 0.3) is 0 Å². The molecule has 0 bridgehead atoms. The van der Waals surface area contributed by atoms with E-state index < -0.39 is 0 Å². The van der Waals surface area contributed by atoms with Crippen LogP contribution in [0, 0.1) is 6.92 Å². The van der Waals surface area contributed by atoms with Crippen molar-refractivity contribution in [1.82, 2.24) is 4.90 Å². The molecule has 1 aromatic rings. The molecule has 1 aromatic heterocycles. The second-order valence-electron chi connectivity index (χ2n) is 5.13. The average molecular weight is 250 g/mol. The molecule has 4 heteroatoms. The number of hydrogen-bond donors (Lipinski definition) is 1. The minimum Gasteiger partial charge on any atom is -0.330 e. The quantitative estimate of drug-likeness (QED) is 0.874. The van der Waals surface area contributed by atoms with Gasteiger partial charge in [0.2, 0.25) is 5.91 Å². The summed E-state index contributed by atoms with van der Waals surface area (Å²) in [7, 11) is 0. The van der Waals surface area contributed by atoms with Crippen LogP contribution in [0.3, 0.4) is 0 Å². The lowest BCUT2D eigenvalue weighted by atomic mass is 9.95. The number of carbonyl (C=O) groups excluding carboxylic acids is 1. The largest absolute Gasteiger partial charge is 0.330 e. The molecule has 1 aliphatic carbocycles. The van der Waals surface area contributed by atoms with Crippen LogP contribution in [0.15, 0.2) is 12.1 Å². The highest BCUT2D eigenvalue weighted by Gasteiger charge is 2.43. The molecule has 2 N–H and O–H groups in total. The third-order valence-electron chi connectivity index (χ3n) is 3.68. The van der Waals surface area contributed by atoms with Gasteiger partial charge in [0, 0.05) is 28.3 Å². The number of rotatable bonds is 2. The molecular weight excluding hydrogens is 232 g/mol. The molecule has 1 amide bonds. The number of thiophene rings is 1. The number of likely N-dealkylation sites (tertiary alicyclic amines) is 1. The van der Waals surface area contributed by atoms with Gasteiger partial charge >= 0.3 is 0 Å². The van der Waals surface area contributed by atoms with Crippen molar-refractivity contribution in [2.24, 2.45) is 5.73 Å².